The minimum atomic E-state index is -0.349. The summed E-state index contributed by atoms with van der Waals surface area (Å²) in [6.45, 7) is 3.90. The molecule has 0 saturated heterocycles. The number of rotatable bonds is 4. The van der Waals surface area contributed by atoms with Crippen molar-refractivity contribution in [3.8, 4) is 5.69 Å². The SMILES string of the molecule is CCCC(=O)Nn1cnc2c(cnn2-c2ccc(C)cc2)c1=O. The first-order valence-corrected chi connectivity index (χ1v) is 7.42. The second kappa shape index (κ2) is 6.04. The molecule has 0 saturated carbocycles. The van der Waals surface area contributed by atoms with Crippen molar-refractivity contribution < 1.29 is 4.79 Å². The molecule has 0 fully saturated rings. The number of aromatic nitrogens is 4. The predicted octanol–water partition coefficient (Wildman–Crippen LogP) is 1.76. The standard InChI is InChI=1S/C16H17N5O2/c1-3-4-14(22)19-20-10-17-15-13(16(20)23)9-18-21(15)12-7-5-11(2)6-8-12/h5-10H,3-4H2,1-2H3,(H,19,22). The van der Waals surface area contributed by atoms with Crippen molar-refractivity contribution in [2.24, 2.45) is 0 Å². The number of nitrogens with one attached hydrogen (secondary N) is 1. The minimum Gasteiger partial charge on any atom is -0.273 e. The quantitative estimate of drug-likeness (QED) is 0.796. The van der Waals surface area contributed by atoms with Crippen molar-refractivity contribution in [3.05, 3.63) is 52.7 Å². The highest BCUT2D eigenvalue weighted by molar-refractivity contribution is 5.84. The van der Waals surface area contributed by atoms with Gasteiger partial charge in [-0.15, -0.1) is 0 Å². The van der Waals surface area contributed by atoms with Crippen LogP contribution in [0, 0.1) is 6.92 Å². The Balaban J connectivity index is 2.02. The molecule has 0 aliphatic carbocycles. The van der Waals surface area contributed by atoms with Crippen molar-refractivity contribution in [1.82, 2.24) is 19.4 Å². The summed E-state index contributed by atoms with van der Waals surface area (Å²) in [7, 11) is 0. The van der Waals surface area contributed by atoms with Crippen LogP contribution in [-0.4, -0.2) is 25.3 Å². The van der Waals surface area contributed by atoms with Crippen LogP contribution < -0.4 is 11.0 Å². The molecular weight excluding hydrogens is 294 g/mol. The normalized spacial score (nSPS) is 10.9. The summed E-state index contributed by atoms with van der Waals surface area (Å²) in [5, 5.41) is 4.59. The van der Waals surface area contributed by atoms with Crippen molar-refractivity contribution in [2.45, 2.75) is 26.7 Å². The molecular formula is C16H17N5O2. The van der Waals surface area contributed by atoms with Gasteiger partial charge in [-0.2, -0.15) is 5.10 Å². The average molecular weight is 311 g/mol. The van der Waals surface area contributed by atoms with E-state index in [2.05, 4.69) is 15.5 Å². The molecule has 0 unspecified atom stereocenters. The van der Waals surface area contributed by atoms with E-state index in [1.165, 1.54) is 12.5 Å². The van der Waals surface area contributed by atoms with Gasteiger partial charge in [0.25, 0.3) is 5.56 Å². The molecule has 118 valence electrons. The lowest BCUT2D eigenvalue weighted by atomic mass is 10.2. The molecule has 7 heteroatoms. The number of benzene rings is 1. The third-order valence-electron chi connectivity index (χ3n) is 3.49. The zero-order chi connectivity index (χ0) is 16.4. The molecule has 1 N–H and O–H groups in total. The lowest BCUT2D eigenvalue weighted by molar-refractivity contribution is -0.117. The highest BCUT2D eigenvalue weighted by Crippen LogP contribution is 2.14. The highest BCUT2D eigenvalue weighted by Gasteiger charge is 2.12. The zero-order valence-corrected chi connectivity index (χ0v) is 13.0. The molecule has 0 aliphatic rings. The topological polar surface area (TPSA) is 81.8 Å². The fraction of sp³-hybridized carbons (Fsp3) is 0.250. The van der Waals surface area contributed by atoms with E-state index in [0.717, 1.165) is 15.9 Å². The van der Waals surface area contributed by atoms with Crippen LogP contribution in [0.2, 0.25) is 0 Å². The lowest BCUT2D eigenvalue weighted by Crippen LogP contribution is -2.33. The van der Waals surface area contributed by atoms with Crippen molar-refractivity contribution >= 4 is 16.9 Å². The van der Waals surface area contributed by atoms with Crippen LogP contribution >= 0.6 is 0 Å². The third-order valence-corrected chi connectivity index (χ3v) is 3.49. The van der Waals surface area contributed by atoms with Crippen LogP contribution in [0.25, 0.3) is 16.7 Å². The van der Waals surface area contributed by atoms with Gasteiger partial charge in [-0.25, -0.2) is 14.3 Å². The van der Waals surface area contributed by atoms with Gasteiger partial charge in [-0.1, -0.05) is 24.6 Å². The maximum absolute atomic E-state index is 12.4. The van der Waals surface area contributed by atoms with E-state index >= 15 is 0 Å². The molecule has 0 radical (unpaired) electrons. The number of carbonyl (C=O) groups excluding carboxylic acids is 1. The van der Waals surface area contributed by atoms with Gasteiger partial charge in [-0.3, -0.25) is 15.0 Å². The summed E-state index contributed by atoms with van der Waals surface area (Å²) in [4.78, 5) is 28.3. The van der Waals surface area contributed by atoms with Crippen LogP contribution in [0.4, 0.5) is 0 Å². The Morgan fingerprint density at radius 1 is 1.26 bits per heavy atom. The van der Waals surface area contributed by atoms with Gasteiger partial charge in [0.15, 0.2) is 5.65 Å². The molecule has 3 rings (SSSR count). The molecule has 0 spiro atoms. The zero-order valence-electron chi connectivity index (χ0n) is 13.0. The van der Waals surface area contributed by atoms with Gasteiger partial charge in [0.05, 0.1) is 11.9 Å². The summed E-state index contributed by atoms with van der Waals surface area (Å²) >= 11 is 0. The van der Waals surface area contributed by atoms with E-state index in [1.54, 1.807) is 4.68 Å². The van der Waals surface area contributed by atoms with E-state index in [0.29, 0.717) is 23.9 Å². The number of hydrogen-bond donors (Lipinski definition) is 1. The molecule has 1 aromatic carbocycles. The number of aryl methyl sites for hydroxylation is 1. The van der Waals surface area contributed by atoms with Crippen molar-refractivity contribution in [1.29, 1.82) is 0 Å². The first-order valence-electron chi connectivity index (χ1n) is 7.42. The summed E-state index contributed by atoms with van der Waals surface area (Å²) in [5.41, 5.74) is 4.60. The molecule has 2 aromatic heterocycles. The fourth-order valence-electron chi connectivity index (χ4n) is 2.28. The molecule has 2 heterocycles. The Morgan fingerprint density at radius 2 is 2.00 bits per heavy atom. The summed E-state index contributed by atoms with van der Waals surface area (Å²) < 4.78 is 2.70. The predicted molar refractivity (Wildman–Crippen MR) is 87.1 cm³/mol. The fourth-order valence-corrected chi connectivity index (χ4v) is 2.28. The van der Waals surface area contributed by atoms with Gasteiger partial charge in [0, 0.05) is 6.42 Å². The van der Waals surface area contributed by atoms with Gasteiger partial charge < -0.3 is 0 Å². The molecule has 23 heavy (non-hydrogen) atoms. The van der Waals surface area contributed by atoms with Crippen molar-refractivity contribution in [3.63, 3.8) is 0 Å². The van der Waals surface area contributed by atoms with Crippen LogP contribution in [0.3, 0.4) is 0 Å². The average Bonchev–Trinajstić information content (AvgIpc) is 2.96. The maximum atomic E-state index is 12.4. The molecule has 7 nitrogen and oxygen atoms in total. The van der Waals surface area contributed by atoms with Crippen LogP contribution in [0.15, 0.2) is 41.6 Å². The largest absolute Gasteiger partial charge is 0.283 e. The Labute approximate surface area is 132 Å². The van der Waals surface area contributed by atoms with Gasteiger partial charge in [0.2, 0.25) is 5.91 Å². The number of fused-ring (bicyclic) bond motifs is 1. The summed E-state index contributed by atoms with van der Waals surface area (Å²) in [5.74, 6) is -0.221. The van der Waals surface area contributed by atoms with Crippen LogP contribution in [0.1, 0.15) is 25.3 Å². The molecule has 0 aliphatic heterocycles. The van der Waals surface area contributed by atoms with E-state index in [4.69, 9.17) is 0 Å². The molecule has 3 aromatic rings. The highest BCUT2D eigenvalue weighted by atomic mass is 16.2. The van der Waals surface area contributed by atoms with E-state index in [1.807, 2.05) is 38.1 Å². The Hall–Kier alpha value is -2.96. The third kappa shape index (κ3) is 2.85. The van der Waals surface area contributed by atoms with Crippen molar-refractivity contribution in [2.75, 3.05) is 5.43 Å². The maximum Gasteiger partial charge on any atom is 0.283 e. The lowest BCUT2D eigenvalue weighted by Gasteiger charge is -2.07. The Bertz CT molecular complexity index is 908. The van der Waals surface area contributed by atoms with Gasteiger partial charge in [0.1, 0.15) is 11.7 Å². The molecule has 1 amide bonds. The Morgan fingerprint density at radius 3 is 2.70 bits per heavy atom. The number of amides is 1. The summed E-state index contributed by atoms with van der Waals surface area (Å²) in [6, 6.07) is 7.76. The monoisotopic (exact) mass is 311 g/mol. The van der Waals surface area contributed by atoms with Crippen LogP contribution in [0.5, 0.6) is 0 Å². The smallest absolute Gasteiger partial charge is 0.273 e. The number of nitrogens with zero attached hydrogens (tertiary/aromatic N) is 4. The van der Waals surface area contributed by atoms with E-state index < -0.39 is 0 Å². The second-order valence-electron chi connectivity index (χ2n) is 5.33. The molecule has 0 atom stereocenters. The van der Waals surface area contributed by atoms with Gasteiger partial charge in [-0.05, 0) is 25.5 Å². The first kappa shape index (κ1) is 15.0. The van der Waals surface area contributed by atoms with E-state index in [9.17, 15) is 9.59 Å². The summed E-state index contributed by atoms with van der Waals surface area (Å²) in [6.07, 6.45) is 3.84. The number of carbonyl (C=O) groups is 1. The van der Waals surface area contributed by atoms with E-state index in [-0.39, 0.29) is 11.5 Å². The first-order chi connectivity index (χ1) is 11.1. The van der Waals surface area contributed by atoms with Gasteiger partial charge >= 0.3 is 0 Å². The number of hydrogen-bond acceptors (Lipinski definition) is 4. The second-order valence-corrected chi connectivity index (χ2v) is 5.33. The molecule has 0 bridgehead atoms. The minimum absolute atomic E-state index is 0.221. The van der Waals surface area contributed by atoms with Crippen LogP contribution in [-0.2, 0) is 4.79 Å². The Kier molecular flexibility index (Phi) is 3.92.